The smallest absolute Gasteiger partial charge is 0.147 e. The number of fused-ring (bicyclic) bond motifs is 1. The fourth-order valence-corrected chi connectivity index (χ4v) is 2.49. The maximum absolute atomic E-state index is 4.77. The normalized spacial score (nSPS) is 11.1. The fourth-order valence-electron chi connectivity index (χ4n) is 2.49. The van der Waals surface area contributed by atoms with Crippen LogP contribution in [0.25, 0.3) is 22.0 Å². The third-order valence-corrected chi connectivity index (χ3v) is 3.94. The predicted octanol–water partition coefficient (Wildman–Crippen LogP) is 3.29. The van der Waals surface area contributed by atoms with Crippen LogP contribution in [0.15, 0.2) is 54.9 Å². The molecule has 0 radical (unpaired) electrons. The summed E-state index contributed by atoms with van der Waals surface area (Å²) in [5, 5.41) is 2.46. The molecule has 0 unspecified atom stereocenters. The average molecular weight is 306 g/mol. The molecule has 0 saturated heterocycles. The van der Waals surface area contributed by atoms with Crippen molar-refractivity contribution in [2.45, 2.75) is 0 Å². The highest BCUT2D eigenvalue weighted by Gasteiger charge is 2.07. The van der Waals surface area contributed by atoms with Gasteiger partial charge in [-0.05, 0) is 30.9 Å². The molecule has 0 bridgehead atoms. The van der Waals surface area contributed by atoms with Gasteiger partial charge in [0, 0.05) is 25.7 Å². The molecule has 3 aromatic rings. The van der Waals surface area contributed by atoms with Crippen LogP contribution >= 0.6 is 0 Å². The van der Waals surface area contributed by atoms with Crippen molar-refractivity contribution in [3.63, 3.8) is 0 Å². The van der Waals surface area contributed by atoms with Crippen molar-refractivity contribution in [3.05, 3.63) is 54.9 Å². The van der Waals surface area contributed by atoms with Gasteiger partial charge in [-0.3, -0.25) is 4.98 Å². The van der Waals surface area contributed by atoms with E-state index in [9.17, 15) is 0 Å². The van der Waals surface area contributed by atoms with Crippen molar-refractivity contribution in [2.24, 2.45) is 0 Å². The minimum Gasteiger partial charge on any atom is -0.357 e. The Hall–Kier alpha value is -2.46. The van der Waals surface area contributed by atoms with E-state index in [2.05, 4.69) is 78.4 Å². The Kier molecular flexibility index (Phi) is 4.53. The van der Waals surface area contributed by atoms with Crippen LogP contribution in [0.4, 0.5) is 5.82 Å². The second-order valence-corrected chi connectivity index (χ2v) is 6.05. The van der Waals surface area contributed by atoms with E-state index < -0.39 is 0 Å². The number of likely N-dealkylation sites (N-methyl/N-ethyl adjacent to an activating group) is 2. The lowest BCUT2D eigenvalue weighted by Crippen LogP contribution is -2.29. The molecule has 0 spiro atoms. The minimum atomic E-state index is 0.900. The second kappa shape index (κ2) is 6.75. The highest BCUT2D eigenvalue weighted by Crippen LogP contribution is 2.23. The molecule has 0 amide bonds. The van der Waals surface area contributed by atoms with Crippen LogP contribution in [0.3, 0.4) is 0 Å². The SMILES string of the molecule is CN(C)CCN(C)c1cncc(-c2ccc3ccccc3c2)n1. The summed E-state index contributed by atoms with van der Waals surface area (Å²) in [7, 11) is 6.20. The van der Waals surface area contributed by atoms with Crippen LogP contribution < -0.4 is 4.90 Å². The molecule has 3 rings (SSSR count). The molecular formula is C19H22N4. The van der Waals surface area contributed by atoms with E-state index in [1.54, 1.807) is 0 Å². The Morgan fingerprint density at radius 2 is 1.65 bits per heavy atom. The Morgan fingerprint density at radius 3 is 2.43 bits per heavy atom. The maximum atomic E-state index is 4.77. The molecule has 118 valence electrons. The summed E-state index contributed by atoms with van der Waals surface area (Å²) in [4.78, 5) is 13.4. The second-order valence-electron chi connectivity index (χ2n) is 6.05. The highest BCUT2D eigenvalue weighted by atomic mass is 15.2. The molecule has 0 saturated carbocycles. The molecule has 2 aromatic carbocycles. The number of anilines is 1. The Bertz CT molecular complexity index is 798. The topological polar surface area (TPSA) is 32.3 Å². The van der Waals surface area contributed by atoms with Crippen LogP contribution in [0.5, 0.6) is 0 Å². The number of benzene rings is 2. The molecule has 4 nitrogen and oxygen atoms in total. The molecule has 0 aliphatic carbocycles. The summed E-state index contributed by atoms with van der Waals surface area (Å²) in [6.07, 6.45) is 3.65. The molecule has 4 heteroatoms. The van der Waals surface area contributed by atoms with E-state index in [4.69, 9.17) is 4.98 Å². The fraction of sp³-hybridized carbons (Fsp3) is 0.263. The highest BCUT2D eigenvalue weighted by molar-refractivity contribution is 5.86. The Morgan fingerprint density at radius 1 is 0.870 bits per heavy atom. The van der Waals surface area contributed by atoms with E-state index in [-0.39, 0.29) is 0 Å². The van der Waals surface area contributed by atoms with Gasteiger partial charge in [0.2, 0.25) is 0 Å². The number of nitrogens with zero attached hydrogens (tertiary/aromatic N) is 4. The van der Waals surface area contributed by atoms with Gasteiger partial charge in [0.15, 0.2) is 0 Å². The van der Waals surface area contributed by atoms with Gasteiger partial charge in [-0.15, -0.1) is 0 Å². The van der Waals surface area contributed by atoms with Crippen molar-refractivity contribution in [3.8, 4) is 11.3 Å². The first kappa shape index (κ1) is 15.4. The molecule has 1 heterocycles. The summed E-state index contributed by atoms with van der Waals surface area (Å²) in [5.41, 5.74) is 2.00. The van der Waals surface area contributed by atoms with Gasteiger partial charge < -0.3 is 9.80 Å². The Balaban J connectivity index is 1.88. The molecule has 0 atom stereocenters. The lowest BCUT2D eigenvalue weighted by atomic mass is 10.1. The van der Waals surface area contributed by atoms with Crippen LogP contribution in [0, 0.1) is 0 Å². The first-order valence-electron chi connectivity index (χ1n) is 7.80. The zero-order chi connectivity index (χ0) is 16.2. The minimum absolute atomic E-state index is 0.900. The molecular weight excluding hydrogens is 284 g/mol. The third-order valence-electron chi connectivity index (χ3n) is 3.94. The maximum Gasteiger partial charge on any atom is 0.147 e. The zero-order valence-electron chi connectivity index (χ0n) is 13.9. The van der Waals surface area contributed by atoms with E-state index in [0.29, 0.717) is 0 Å². The molecule has 0 N–H and O–H groups in total. The monoisotopic (exact) mass is 306 g/mol. The van der Waals surface area contributed by atoms with Gasteiger partial charge in [-0.25, -0.2) is 4.98 Å². The van der Waals surface area contributed by atoms with Crippen LogP contribution in [0.2, 0.25) is 0 Å². The number of rotatable bonds is 5. The van der Waals surface area contributed by atoms with Gasteiger partial charge in [-0.1, -0.05) is 36.4 Å². The van der Waals surface area contributed by atoms with Gasteiger partial charge in [0.1, 0.15) is 5.82 Å². The molecule has 0 fully saturated rings. The van der Waals surface area contributed by atoms with Gasteiger partial charge >= 0.3 is 0 Å². The van der Waals surface area contributed by atoms with Gasteiger partial charge in [0.05, 0.1) is 18.1 Å². The first-order chi connectivity index (χ1) is 11.1. The van der Waals surface area contributed by atoms with E-state index >= 15 is 0 Å². The van der Waals surface area contributed by atoms with Gasteiger partial charge in [-0.2, -0.15) is 0 Å². The van der Waals surface area contributed by atoms with Crippen molar-refractivity contribution in [1.29, 1.82) is 0 Å². The van der Waals surface area contributed by atoms with E-state index in [1.165, 1.54) is 10.8 Å². The molecule has 1 aromatic heterocycles. The summed E-state index contributed by atoms with van der Waals surface area (Å²) < 4.78 is 0. The summed E-state index contributed by atoms with van der Waals surface area (Å²) in [6, 6.07) is 14.8. The predicted molar refractivity (Wildman–Crippen MR) is 96.8 cm³/mol. The van der Waals surface area contributed by atoms with Gasteiger partial charge in [0.25, 0.3) is 0 Å². The lowest BCUT2D eigenvalue weighted by Gasteiger charge is -2.20. The molecule has 0 aliphatic heterocycles. The van der Waals surface area contributed by atoms with E-state index in [0.717, 1.165) is 30.2 Å². The quantitative estimate of drug-likeness (QED) is 0.724. The number of aromatic nitrogens is 2. The molecule has 23 heavy (non-hydrogen) atoms. The number of hydrogen-bond donors (Lipinski definition) is 0. The van der Waals surface area contributed by atoms with Crippen molar-refractivity contribution in [2.75, 3.05) is 39.1 Å². The Labute approximate surface area is 137 Å². The first-order valence-corrected chi connectivity index (χ1v) is 7.80. The summed E-state index contributed by atoms with van der Waals surface area (Å²) in [5.74, 6) is 0.900. The van der Waals surface area contributed by atoms with Crippen LogP contribution in [0.1, 0.15) is 0 Å². The largest absolute Gasteiger partial charge is 0.357 e. The van der Waals surface area contributed by atoms with Crippen LogP contribution in [-0.4, -0.2) is 49.1 Å². The van der Waals surface area contributed by atoms with Crippen molar-refractivity contribution >= 4 is 16.6 Å². The van der Waals surface area contributed by atoms with Crippen molar-refractivity contribution in [1.82, 2.24) is 14.9 Å². The summed E-state index contributed by atoms with van der Waals surface area (Å²) >= 11 is 0. The number of hydrogen-bond acceptors (Lipinski definition) is 4. The van der Waals surface area contributed by atoms with E-state index in [1.807, 2.05) is 12.4 Å². The van der Waals surface area contributed by atoms with Crippen LogP contribution in [-0.2, 0) is 0 Å². The third kappa shape index (κ3) is 3.66. The zero-order valence-corrected chi connectivity index (χ0v) is 13.9. The van der Waals surface area contributed by atoms with Crippen molar-refractivity contribution < 1.29 is 0 Å². The summed E-state index contributed by atoms with van der Waals surface area (Å²) in [6.45, 7) is 1.90. The standard InChI is InChI=1S/C19H22N4/c1-22(2)10-11-23(3)19-14-20-13-18(21-19)17-9-8-15-6-4-5-7-16(15)12-17/h4-9,12-14H,10-11H2,1-3H3. The average Bonchev–Trinajstić information content (AvgIpc) is 2.59. The molecule has 0 aliphatic rings. The lowest BCUT2D eigenvalue weighted by molar-refractivity contribution is 0.416.